The van der Waals surface area contributed by atoms with E-state index in [4.69, 9.17) is 0 Å². The molecule has 3 heterocycles. The Morgan fingerprint density at radius 1 is 1.16 bits per heavy atom. The van der Waals surface area contributed by atoms with Gasteiger partial charge in [-0.3, -0.25) is 4.98 Å². The number of benzene rings is 1. The van der Waals surface area contributed by atoms with Gasteiger partial charge in [0.2, 0.25) is 0 Å². The summed E-state index contributed by atoms with van der Waals surface area (Å²) >= 11 is 0. The zero-order valence-corrected chi connectivity index (χ0v) is 17.9. The molecule has 31 heavy (non-hydrogen) atoms. The van der Waals surface area contributed by atoms with Gasteiger partial charge in [0.15, 0.2) is 5.82 Å². The van der Waals surface area contributed by atoms with Crippen molar-refractivity contribution in [2.75, 3.05) is 37.4 Å². The Morgan fingerprint density at radius 2 is 1.87 bits per heavy atom. The van der Waals surface area contributed by atoms with Gasteiger partial charge in [-0.15, -0.1) is 5.10 Å². The number of alkyl halides is 2. The van der Waals surface area contributed by atoms with Crippen LogP contribution in [-0.2, 0) is 0 Å². The van der Waals surface area contributed by atoms with E-state index in [1.54, 1.807) is 6.92 Å². The molecule has 1 atom stereocenters. The molecule has 0 radical (unpaired) electrons. The van der Waals surface area contributed by atoms with Crippen LogP contribution >= 0.6 is 0 Å². The van der Waals surface area contributed by atoms with Gasteiger partial charge in [0.25, 0.3) is 6.43 Å². The van der Waals surface area contributed by atoms with E-state index in [1.165, 1.54) is 12.1 Å². The molecule has 1 aromatic carbocycles. The second-order valence-corrected chi connectivity index (χ2v) is 8.16. The minimum absolute atomic E-state index is 0.147. The maximum absolute atomic E-state index is 14.6. The fourth-order valence-electron chi connectivity index (χ4n) is 3.78. The second-order valence-electron chi connectivity index (χ2n) is 8.16. The first-order valence-corrected chi connectivity index (χ1v) is 10.1. The smallest absolute Gasteiger partial charge is 0.266 e. The number of hydrogen-bond acceptors (Lipinski definition) is 6. The molecule has 0 saturated carbocycles. The van der Waals surface area contributed by atoms with Crippen LogP contribution in [0, 0.1) is 12.7 Å². The van der Waals surface area contributed by atoms with Crippen molar-refractivity contribution >= 4 is 22.4 Å². The van der Waals surface area contributed by atoms with Crippen molar-refractivity contribution < 1.29 is 13.2 Å². The van der Waals surface area contributed by atoms with Gasteiger partial charge in [-0.25, -0.2) is 13.2 Å². The molecule has 1 aliphatic heterocycles. The zero-order valence-electron chi connectivity index (χ0n) is 17.9. The van der Waals surface area contributed by atoms with Crippen LogP contribution in [-0.4, -0.2) is 53.3 Å². The fraction of sp³-hybridized carbons (Fsp3) is 0.409. The average Bonchev–Trinajstić information content (AvgIpc) is 2.68. The number of pyridine rings is 1. The lowest BCUT2D eigenvalue weighted by molar-refractivity contribution is 0.146. The van der Waals surface area contributed by atoms with Crippen LogP contribution in [0.4, 0.5) is 24.7 Å². The maximum Gasteiger partial charge on any atom is 0.266 e. The first kappa shape index (κ1) is 21.3. The molecular formula is C22H25F3N6. The Morgan fingerprint density at radius 3 is 2.55 bits per heavy atom. The number of fused-ring (bicyclic) bond motifs is 1. The van der Waals surface area contributed by atoms with Crippen molar-refractivity contribution in [1.82, 2.24) is 20.1 Å². The topological polar surface area (TPSA) is 57.2 Å². The Labute approximate surface area is 179 Å². The van der Waals surface area contributed by atoms with Crippen molar-refractivity contribution in [2.24, 2.45) is 0 Å². The standard InChI is InChI=1S/C22H25F3N6/c1-12(16-6-5-7-17(19(16)23)21(24)25)27-22-18-8-14(31-10-15(11-31)30(3)4)9-26-20(18)13(2)28-29-22/h5-9,12,15,21H,10-11H2,1-4H3,(H,27,29)/t12-/m1/s1. The van der Waals surface area contributed by atoms with Gasteiger partial charge in [-0.2, -0.15) is 5.10 Å². The summed E-state index contributed by atoms with van der Waals surface area (Å²) in [5.41, 5.74) is 1.89. The number of hydrogen-bond donors (Lipinski definition) is 1. The Kier molecular flexibility index (Phi) is 5.70. The van der Waals surface area contributed by atoms with Crippen LogP contribution in [0.1, 0.15) is 36.2 Å². The molecule has 6 nitrogen and oxygen atoms in total. The number of nitrogens with one attached hydrogen (secondary N) is 1. The maximum atomic E-state index is 14.6. The third-order valence-corrected chi connectivity index (χ3v) is 5.84. The van der Waals surface area contributed by atoms with Gasteiger partial charge < -0.3 is 15.1 Å². The number of rotatable bonds is 6. The lowest BCUT2D eigenvalue weighted by atomic mass is 10.0. The molecule has 1 aliphatic rings. The number of aromatic nitrogens is 3. The summed E-state index contributed by atoms with van der Waals surface area (Å²) in [6.07, 6.45) is -1.05. The minimum Gasteiger partial charge on any atom is -0.367 e. The summed E-state index contributed by atoms with van der Waals surface area (Å²) in [4.78, 5) is 9.00. The van der Waals surface area contributed by atoms with Crippen molar-refractivity contribution in [3.63, 3.8) is 0 Å². The van der Waals surface area contributed by atoms with Crippen LogP contribution in [0.2, 0.25) is 0 Å². The molecule has 4 rings (SSSR count). The first-order chi connectivity index (χ1) is 14.8. The zero-order chi connectivity index (χ0) is 22.3. The lowest BCUT2D eigenvalue weighted by Gasteiger charge is -2.44. The SMILES string of the molecule is Cc1nnc(N[C@H](C)c2cccc(C(F)F)c2F)c2cc(N3CC(N(C)C)C3)cnc12. The van der Waals surface area contributed by atoms with Crippen molar-refractivity contribution in [3.05, 3.63) is 53.1 Å². The molecule has 0 amide bonds. The predicted octanol–water partition coefficient (Wildman–Crippen LogP) is 4.33. The molecule has 164 valence electrons. The van der Waals surface area contributed by atoms with E-state index in [0.717, 1.165) is 30.2 Å². The van der Waals surface area contributed by atoms with Crippen LogP contribution in [0.15, 0.2) is 30.5 Å². The Balaban J connectivity index is 1.65. The van der Waals surface area contributed by atoms with E-state index in [9.17, 15) is 13.2 Å². The molecule has 0 bridgehead atoms. The molecule has 0 unspecified atom stereocenters. The Bertz CT molecular complexity index is 1100. The molecule has 1 saturated heterocycles. The predicted molar refractivity (Wildman–Crippen MR) is 115 cm³/mol. The van der Waals surface area contributed by atoms with E-state index in [0.29, 0.717) is 23.1 Å². The number of likely N-dealkylation sites (N-methyl/N-ethyl adjacent to an activating group) is 1. The molecule has 0 spiro atoms. The molecule has 0 aliphatic carbocycles. The fourth-order valence-corrected chi connectivity index (χ4v) is 3.78. The Hall–Kier alpha value is -2.94. The van der Waals surface area contributed by atoms with Gasteiger partial charge in [0.1, 0.15) is 5.82 Å². The highest BCUT2D eigenvalue weighted by Crippen LogP contribution is 2.32. The van der Waals surface area contributed by atoms with Crippen LogP contribution in [0.5, 0.6) is 0 Å². The van der Waals surface area contributed by atoms with Crippen LogP contribution < -0.4 is 10.2 Å². The van der Waals surface area contributed by atoms with Gasteiger partial charge in [-0.05, 0) is 34.0 Å². The highest BCUT2D eigenvalue weighted by Gasteiger charge is 2.29. The normalized spacial score (nSPS) is 15.6. The summed E-state index contributed by atoms with van der Waals surface area (Å²) in [6.45, 7) is 5.34. The summed E-state index contributed by atoms with van der Waals surface area (Å²) < 4.78 is 40.8. The van der Waals surface area contributed by atoms with Crippen molar-refractivity contribution in [3.8, 4) is 0 Å². The van der Waals surface area contributed by atoms with E-state index >= 15 is 0 Å². The minimum atomic E-state index is -2.87. The van der Waals surface area contributed by atoms with Gasteiger partial charge in [-0.1, -0.05) is 18.2 Å². The van der Waals surface area contributed by atoms with Crippen LogP contribution in [0.25, 0.3) is 10.9 Å². The molecular weight excluding hydrogens is 405 g/mol. The summed E-state index contributed by atoms with van der Waals surface area (Å²) in [6, 6.07) is 5.92. The molecule has 3 aromatic rings. The monoisotopic (exact) mass is 430 g/mol. The van der Waals surface area contributed by atoms with E-state index < -0.39 is 23.8 Å². The number of anilines is 2. The number of nitrogens with zero attached hydrogens (tertiary/aromatic N) is 5. The van der Waals surface area contributed by atoms with Gasteiger partial charge in [0, 0.05) is 30.1 Å². The molecule has 1 N–H and O–H groups in total. The van der Waals surface area contributed by atoms with E-state index in [-0.39, 0.29) is 5.56 Å². The highest BCUT2D eigenvalue weighted by molar-refractivity contribution is 5.92. The number of halogens is 3. The molecule has 2 aromatic heterocycles. The summed E-state index contributed by atoms with van der Waals surface area (Å²) in [7, 11) is 4.12. The second kappa shape index (κ2) is 8.30. The van der Waals surface area contributed by atoms with Gasteiger partial charge >= 0.3 is 0 Å². The third-order valence-electron chi connectivity index (χ3n) is 5.84. The number of aryl methyl sites for hydroxylation is 1. The molecule has 1 fully saturated rings. The van der Waals surface area contributed by atoms with Crippen molar-refractivity contribution in [1.29, 1.82) is 0 Å². The summed E-state index contributed by atoms with van der Waals surface area (Å²) in [5.74, 6) is -0.468. The lowest BCUT2D eigenvalue weighted by Crippen LogP contribution is -2.57. The highest BCUT2D eigenvalue weighted by atomic mass is 19.3. The quantitative estimate of drug-likeness (QED) is 0.628. The largest absolute Gasteiger partial charge is 0.367 e. The van der Waals surface area contributed by atoms with E-state index in [2.05, 4.69) is 44.4 Å². The summed E-state index contributed by atoms with van der Waals surface area (Å²) in [5, 5.41) is 12.3. The van der Waals surface area contributed by atoms with Crippen LogP contribution in [0.3, 0.4) is 0 Å². The third kappa shape index (κ3) is 4.01. The first-order valence-electron chi connectivity index (χ1n) is 10.1. The van der Waals surface area contributed by atoms with Crippen molar-refractivity contribution in [2.45, 2.75) is 32.4 Å². The van der Waals surface area contributed by atoms with Gasteiger partial charge in [0.05, 0.1) is 34.7 Å². The van der Waals surface area contributed by atoms with E-state index in [1.807, 2.05) is 19.2 Å². The molecule has 9 heteroatoms. The average molecular weight is 430 g/mol.